The predicted octanol–water partition coefficient (Wildman–Crippen LogP) is 2.72. The highest BCUT2D eigenvalue weighted by atomic mass is 16.5. The predicted molar refractivity (Wildman–Crippen MR) is 61.6 cm³/mol. The largest absolute Gasteiger partial charge is 0.469 e. The summed E-state index contributed by atoms with van der Waals surface area (Å²) >= 11 is 0. The smallest absolute Gasteiger partial charge is 0.308 e. The van der Waals surface area contributed by atoms with Gasteiger partial charge in [0.1, 0.15) is 0 Å². The number of hydrogen-bond donors (Lipinski definition) is 0. The lowest BCUT2D eigenvalue weighted by Crippen LogP contribution is -2.33. The fourth-order valence-corrected chi connectivity index (χ4v) is 5.42. The van der Waals surface area contributed by atoms with Crippen molar-refractivity contribution in [1.29, 1.82) is 0 Å². The Hall–Kier alpha value is -0.530. The SMILES string of the molecule is COC(=O)C1CC2CC1C1C(C)CC(C)C21. The number of carbonyl (C=O) groups excluding carboxylic acids is 1. The Morgan fingerprint density at radius 2 is 1.75 bits per heavy atom. The Morgan fingerprint density at radius 3 is 2.44 bits per heavy atom. The lowest BCUT2D eigenvalue weighted by atomic mass is 9.72. The van der Waals surface area contributed by atoms with Gasteiger partial charge in [0.15, 0.2) is 0 Å². The Labute approximate surface area is 97.7 Å². The molecular formula is C14H22O2. The first-order valence-corrected chi connectivity index (χ1v) is 6.71. The molecule has 3 rings (SSSR count). The molecule has 7 atom stereocenters. The highest BCUT2D eigenvalue weighted by Gasteiger charge is 2.60. The molecule has 0 aromatic heterocycles. The van der Waals surface area contributed by atoms with Gasteiger partial charge in [-0.1, -0.05) is 13.8 Å². The second kappa shape index (κ2) is 3.48. The summed E-state index contributed by atoms with van der Waals surface area (Å²) in [5.41, 5.74) is 0. The van der Waals surface area contributed by atoms with Crippen LogP contribution in [0.1, 0.15) is 33.1 Å². The molecule has 0 aromatic rings. The summed E-state index contributed by atoms with van der Waals surface area (Å²) in [6.45, 7) is 4.80. The highest BCUT2D eigenvalue weighted by molar-refractivity contribution is 5.73. The van der Waals surface area contributed by atoms with Gasteiger partial charge in [0.25, 0.3) is 0 Å². The van der Waals surface area contributed by atoms with Gasteiger partial charge in [0.05, 0.1) is 13.0 Å². The summed E-state index contributed by atoms with van der Waals surface area (Å²) in [4.78, 5) is 11.8. The molecule has 0 saturated heterocycles. The molecule has 90 valence electrons. The summed E-state index contributed by atoms with van der Waals surface area (Å²) in [5, 5.41) is 0. The van der Waals surface area contributed by atoms with E-state index in [9.17, 15) is 4.79 Å². The molecule has 0 aromatic carbocycles. The standard InChI is InChI=1S/C14H22O2/c1-7-4-8(2)13-10-5-9(12(7)13)6-11(10)14(15)16-3/h7-13H,4-6H2,1-3H3. The molecule has 2 bridgehead atoms. The van der Waals surface area contributed by atoms with Gasteiger partial charge in [0.2, 0.25) is 0 Å². The molecule has 0 aliphatic heterocycles. The van der Waals surface area contributed by atoms with E-state index in [1.54, 1.807) is 0 Å². The second-order valence-electron chi connectivity index (χ2n) is 6.37. The molecule has 2 heteroatoms. The summed E-state index contributed by atoms with van der Waals surface area (Å²) in [6, 6.07) is 0. The number of hydrogen-bond acceptors (Lipinski definition) is 2. The van der Waals surface area contributed by atoms with Crippen LogP contribution in [0.2, 0.25) is 0 Å². The van der Waals surface area contributed by atoms with Gasteiger partial charge in [0, 0.05) is 0 Å². The van der Waals surface area contributed by atoms with Crippen molar-refractivity contribution in [2.45, 2.75) is 33.1 Å². The first-order chi connectivity index (χ1) is 7.63. The zero-order chi connectivity index (χ0) is 11.4. The molecule has 3 saturated carbocycles. The van der Waals surface area contributed by atoms with Crippen LogP contribution in [0.3, 0.4) is 0 Å². The molecule has 2 nitrogen and oxygen atoms in total. The topological polar surface area (TPSA) is 26.3 Å². The number of ether oxygens (including phenoxy) is 1. The maximum atomic E-state index is 11.8. The lowest BCUT2D eigenvalue weighted by Gasteiger charge is -2.33. The second-order valence-corrected chi connectivity index (χ2v) is 6.37. The van der Waals surface area contributed by atoms with E-state index in [0.29, 0.717) is 5.92 Å². The van der Waals surface area contributed by atoms with E-state index in [1.807, 2.05) is 0 Å². The van der Waals surface area contributed by atoms with Crippen LogP contribution in [0.4, 0.5) is 0 Å². The molecule has 3 aliphatic carbocycles. The molecule has 7 unspecified atom stereocenters. The van der Waals surface area contributed by atoms with Gasteiger partial charge in [-0.25, -0.2) is 0 Å². The molecule has 0 radical (unpaired) electrons. The molecular weight excluding hydrogens is 200 g/mol. The average molecular weight is 222 g/mol. The minimum absolute atomic E-state index is 0.0534. The Bertz CT molecular complexity index is 312. The van der Waals surface area contributed by atoms with Crippen LogP contribution in [0, 0.1) is 41.4 Å². The van der Waals surface area contributed by atoms with Crippen LogP contribution >= 0.6 is 0 Å². The third-order valence-electron chi connectivity index (χ3n) is 5.69. The third-order valence-corrected chi connectivity index (χ3v) is 5.69. The van der Waals surface area contributed by atoms with Crippen LogP contribution in [0.5, 0.6) is 0 Å². The summed E-state index contributed by atoms with van der Waals surface area (Å²) in [6.07, 6.45) is 3.77. The Balaban J connectivity index is 1.84. The fourth-order valence-electron chi connectivity index (χ4n) is 5.42. The number of methoxy groups -OCH3 is 1. The fraction of sp³-hybridized carbons (Fsp3) is 0.929. The van der Waals surface area contributed by atoms with Gasteiger partial charge in [-0.05, 0) is 54.8 Å². The van der Waals surface area contributed by atoms with Crippen molar-refractivity contribution in [3.05, 3.63) is 0 Å². The molecule has 16 heavy (non-hydrogen) atoms. The number of fused-ring (bicyclic) bond motifs is 5. The van der Waals surface area contributed by atoms with Crippen molar-refractivity contribution >= 4 is 5.97 Å². The van der Waals surface area contributed by atoms with Crippen LogP contribution in [-0.2, 0) is 9.53 Å². The monoisotopic (exact) mass is 222 g/mol. The zero-order valence-corrected chi connectivity index (χ0v) is 10.5. The minimum Gasteiger partial charge on any atom is -0.469 e. The normalized spacial score (nSPS) is 54.1. The van der Waals surface area contributed by atoms with E-state index in [2.05, 4.69) is 13.8 Å². The van der Waals surface area contributed by atoms with Crippen LogP contribution in [0.15, 0.2) is 0 Å². The summed E-state index contributed by atoms with van der Waals surface area (Å²) < 4.78 is 4.96. The average Bonchev–Trinajstić information content (AvgIpc) is 2.90. The molecule has 0 amide bonds. The van der Waals surface area contributed by atoms with Gasteiger partial charge < -0.3 is 4.74 Å². The van der Waals surface area contributed by atoms with Crippen molar-refractivity contribution in [3.63, 3.8) is 0 Å². The van der Waals surface area contributed by atoms with E-state index >= 15 is 0 Å². The quantitative estimate of drug-likeness (QED) is 0.638. The van der Waals surface area contributed by atoms with E-state index in [-0.39, 0.29) is 11.9 Å². The van der Waals surface area contributed by atoms with Gasteiger partial charge >= 0.3 is 5.97 Å². The van der Waals surface area contributed by atoms with Crippen molar-refractivity contribution in [3.8, 4) is 0 Å². The number of esters is 1. The van der Waals surface area contributed by atoms with E-state index < -0.39 is 0 Å². The summed E-state index contributed by atoms with van der Waals surface area (Å²) in [7, 11) is 1.53. The molecule has 3 aliphatic rings. The van der Waals surface area contributed by atoms with E-state index in [0.717, 1.165) is 36.0 Å². The minimum atomic E-state index is 0.0534. The molecule has 0 heterocycles. The first-order valence-electron chi connectivity index (χ1n) is 6.71. The van der Waals surface area contributed by atoms with Gasteiger partial charge in [-0.2, -0.15) is 0 Å². The molecule has 0 spiro atoms. The molecule has 3 fully saturated rings. The third kappa shape index (κ3) is 1.22. The van der Waals surface area contributed by atoms with Crippen LogP contribution in [-0.4, -0.2) is 13.1 Å². The number of carbonyl (C=O) groups is 1. The summed E-state index contributed by atoms with van der Waals surface area (Å²) in [5.74, 6) is 5.18. The number of rotatable bonds is 1. The maximum absolute atomic E-state index is 11.8. The zero-order valence-electron chi connectivity index (χ0n) is 10.5. The lowest BCUT2D eigenvalue weighted by molar-refractivity contribution is -0.148. The Morgan fingerprint density at radius 1 is 1.06 bits per heavy atom. The van der Waals surface area contributed by atoms with E-state index in [1.165, 1.54) is 20.0 Å². The maximum Gasteiger partial charge on any atom is 0.308 e. The van der Waals surface area contributed by atoms with E-state index in [4.69, 9.17) is 4.74 Å². The first kappa shape index (κ1) is 10.6. The Kier molecular flexibility index (Phi) is 2.31. The van der Waals surface area contributed by atoms with Gasteiger partial charge in [-0.3, -0.25) is 4.79 Å². The van der Waals surface area contributed by atoms with Crippen LogP contribution < -0.4 is 0 Å². The highest BCUT2D eigenvalue weighted by Crippen LogP contribution is 2.64. The van der Waals surface area contributed by atoms with Crippen LogP contribution in [0.25, 0.3) is 0 Å². The van der Waals surface area contributed by atoms with Crippen molar-refractivity contribution < 1.29 is 9.53 Å². The van der Waals surface area contributed by atoms with Crippen molar-refractivity contribution in [2.24, 2.45) is 41.4 Å². The van der Waals surface area contributed by atoms with Crippen molar-refractivity contribution in [1.82, 2.24) is 0 Å². The van der Waals surface area contributed by atoms with Crippen molar-refractivity contribution in [2.75, 3.05) is 7.11 Å². The van der Waals surface area contributed by atoms with Gasteiger partial charge in [-0.15, -0.1) is 0 Å². The molecule has 0 N–H and O–H groups in total.